The van der Waals surface area contributed by atoms with Gasteiger partial charge < -0.3 is 10.4 Å². The molecule has 2 nitrogen and oxygen atoms in total. The minimum absolute atomic E-state index is 0.191. The van der Waals surface area contributed by atoms with Crippen LogP contribution in [-0.2, 0) is 0 Å². The van der Waals surface area contributed by atoms with Crippen molar-refractivity contribution < 1.29 is 5.11 Å². The SMILES string of the molecule is C[C@@H](O)CNC1CC2CCC1C2. The smallest absolute Gasteiger partial charge is 0.0636 e. The molecular weight excluding hydrogens is 150 g/mol. The van der Waals surface area contributed by atoms with Crippen LogP contribution in [0.25, 0.3) is 0 Å². The van der Waals surface area contributed by atoms with Gasteiger partial charge in [0.05, 0.1) is 6.10 Å². The largest absolute Gasteiger partial charge is 0.392 e. The standard InChI is InChI=1S/C10H19NO/c1-7(12)6-11-10-5-8-2-3-9(10)4-8/h7-12H,2-6H2,1H3/t7-,8?,9?,10?/m1/s1. The van der Waals surface area contributed by atoms with Crippen LogP contribution in [-0.4, -0.2) is 23.8 Å². The molecule has 0 amide bonds. The summed E-state index contributed by atoms with van der Waals surface area (Å²) >= 11 is 0. The third-order valence-electron chi connectivity index (χ3n) is 3.41. The summed E-state index contributed by atoms with van der Waals surface area (Å²) in [7, 11) is 0. The molecule has 0 saturated heterocycles. The lowest BCUT2D eigenvalue weighted by atomic mass is 9.95. The van der Waals surface area contributed by atoms with Crippen molar-refractivity contribution in [1.29, 1.82) is 0 Å². The highest BCUT2D eigenvalue weighted by atomic mass is 16.3. The third kappa shape index (κ3) is 1.64. The molecule has 2 aliphatic carbocycles. The van der Waals surface area contributed by atoms with Gasteiger partial charge in [-0.25, -0.2) is 0 Å². The summed E-state index contributed by atoms with van der Waals surface area (Å²) in [5.41, 5.74) is 0. The maximum Gasteiger partial charge on any atom is 0.0636 e. The lowest BCUT2D eigenvalue weighted by molar-refractivity contribution is 0.179. The van der Waals surface area contributed by atoms with Crippen molar-refractivity contribution in [3.05, 3.63) is 0 Å². The van der Waals surface area contributed by atoms with E-state index >= 15 is 0 Å². The van der Waals surface area contributed by atoms with E-state index in [1.807, 2.05) is 6.92 Å². The molecule has 2 saturated carbocycles. The van der Waals surface area contributed by atoms with Crippen LogP contribution in [0.5, 0.6) is 0 Å². The summed E-state index contributed by atoms with van der Waals surface area (Å²) in [6.07, 6.45) is 5.48. The van der Waals surface area contributed by atoms with E-state index in [1.165, 1.54) is 25.7 Å². The van der Waals surface area contributed by atoms with Gasteiger partial charge >= 0.3 is 0 Å². The van der Waals surface area contributed by atoms with E-state index in [0.29, 0.717) is 0 Å². The van der Waals surface area contributed by atoms with E-state index < -0.39 is 0 Å². The van der Waals surface area contributed by atoms with Crippen LogP contribution in [0, 0.1) is 11.8 Å². The molecule has 2 aliphatic rings. The zero-order chi connectivity index (χ0) is 8.55. The Morgan fingerprint density at radius 1 is 1.42 bits per heavy atom. The van der Waals surface area contributed by atoms with Crippen LogP contribution in [0.15, 0.2) is 0 Å². The predicted octanol–water partition coefficient (Wildman–Crippen LogP) is 1.15. The molecule has 0 spiro atoms. The Morgan fingerprint density at radius 2 is 2.25 bits per heavy atom. The summed E-state index contributed by atoms with van der Waals surface area (Å²) in [5.74, 6) is 1.93. The second kappa shape index (κ2) is 3.35. The van der Waals surface area contributed by atoms with Gasteiger partial charge in [0.25, 0.3) is 0 Å². The highest BCUT2D eigenvalue weighted by molar-refractivity contribution is 4.94. The molecule has 2 bridgehead atoms. The first-order chi connectivity index (χ1) is 5.75. The molecule has 0 aromatic carbocycles. The molecule has 0 aromatic rings. The van der Waals surface area contributed by atoms with Crippen LogP contribution in [0.1, 0.15) is 32.6 Å². The third-order valence-corrected chi connectivity index (χ3v) is 3.41. The van der Waals surface area contributed by atoms with Gasteiger partial charge in [0, 0.05) is 12.6 Å². The Balaban J connectivity index is 1.76. The molecule has 2 heteroatoms. The first-order valence-electron chi connectivity index (χ1n) is 5.17. The summed E-state index contributed by atoms with van der Waals surface area (Å²) < 4.78 is 0. The number of aliphatic hydroxyl groups excluding tert-OH is 1. The van der Waals surface area contributed by atoms with Crippen LogP contribution >= 0.6 is 0 Å². The van der Waals surface area contributed by atoms with E-state index in [4.69, 9.17) is 5.11 Å². The fourth-order valence-corrected chi connectivity index (χ4v) is 2.82. The van der Waals surface area contributed by atoms with Gasteiger partial charge in [-0.2, -0.15) is 0 Å². The van der Waals surface area contributed by atoms with Gasteiger partial charge in [0.15, 0.2) is 0 Å². The fourth-order valence-electron chi connectivity index (χ4n) is 2.82. The first-order valence-corrected chi connectivity index (χ1v) is 5.17. The number of nitrogens with one attached hydrogen (secondary N) is 1. The summed E-state index contributed by atoms with van der Waals surface area (Å²) in [6.45, 7) is 2.62. The van der Waals surface area contributed by atoms with Gasteiger partial charge in [-0.05, 0) is 38.0 Å². The molecule has 70 valence electrons. The lowest BCUT2D eigenvalue weighted by Crippen LogP contribution is -2.38. The number of aliphatic hydroxyl groups is 1. The Hall–Kier alpha value is -0.0800. The second-order valence-corrected chi connectivity index (χ2v) is 4.54. The van der Waals surface area contributed by atoms with E-state index in [9.17, 15) is 0 Å². The molecule has 0 radical (unpaired) electrons. The Bertz CT molecular complexity index is 158. The van der Waals surface area contributed by atoms with Crippen LogP contribution in [0.3, 0.4) is 0 Å². The van der Waals surface area contributed by atoms with Gasteiger partial charge in [-0.3, -0.25) is 0 Å². The Labute approximate surface area is 74.4 Å². The molecule has 4 atom stereocenters. The average Bonchev–Trinajstić information content (AvgIpc) is 2.60. The molecule has 0 heterocycles. The highest BCUT2D eigenvalue weighted by Gasteiger charge is 2.38. The maximum atomic E-state index is 9.12. The molecule has 2 N–H and O–H groups in total. The average molecular weight is 169 g/mol. The quantitative estimate of drug-likeness (QED) is 0.664. The molecule has 2 rings (SSSR count). The van der Waals surface area contributed by atoms with Crippen LogP contribution < -0.4 is 5.32 Å². The van der Waals surface area contributed by atoms with Gasteiger partial charge in [-0.15, -0.1) is 0 Å². The molecule has 0 aromatic heterocycles. The Kier molecular flexibility index (Phi) is 2.37. The molecule has 3 unspecified atom stereocenters. The molecular formula is C10H19NO. The summed E-state index contributed by atoms with van der Waals surface area (Å²) in [4.78, 5) is 0. The zero-order valence-corrected chi connectivity index (χ0v) is 7.79. The molecule has 0 aliphatic heterocycles. The zero-order valence-electron chi connectivity index (χ0n) is 7.79. The van der Waals surface area contributed by atoms with Crippen molar-refractivity contribution in [2.45, 2.75) is 44.8 Å². The fraction of sp³-hybridized carbons (Fsp3) is 1.00. The molecule has 12 heavy (non-hydrogen) atoms. The second-order valence-electron chi connectivity index (χ2n) is 4.54. The number of hydrogen-bond acceptors (Lipinski definition) is 2. The molecule has 2 fully saturated rings. The topological polar surface area (TPSA) is 32.3 Å². The van der Waals surface area contributed by atoms with Crippen molar-refractivity contribution in [3.8, 4) is 0 Å². The normalized spacial score (nSPS) is 42.0. The van der Waals surface area contributed by atoms with E-state index in [1.54, 1.807) is 0 Å². The van der Waals surface area contributed by atoms with Crippen molar-refractivity contribution in [2.75, 3.05) is 6.54 Å². The minimum atomic E-state index is -0.191. The number of rotatable bonds is 3. The Morgan fingerprint density at radius 3 is 2.75 bits per heavy atom. The lowest BCUT2D eigenvalue weighted by Gasteiger charge is -2.23. The van der Waals surface area contributed by atoms with Crippen molar-refractivity contribution in [1.82, 2.24) is 5.32 Å². The highest BCUT2D eigenvalue weighted by Crippen LogP contribution is 2.44. The van der Waals surface area contributed by atoms with Crippen LogP contribution in [0.2, 0.25) is 0 Å². The first kappa shape index (κ1) is 8.52. The predicted molar refractivity (Wildman–Crippen MR) is 48.9 cm³/mol. The number of hydrogen-bond donors (Lipinski definition) is 2. The van der Waals surface area contributed by atoms with Crippen molar-refractivity contribution >= 4 is 0 Å². The monoisotopic (exact) mass is 169 g/mol. The van der Waals surface area contributed by atoms with E-state index in [2.05, 4.69) is 5.32 Å². The van der Waals surface area contributed by atoms with Gasteiger partial charge in [-0.1, -0.05) is 6.42 Å². The van der Waals surface area contributed by atoms with Gasteiger partial charge in [0.1, 0.15) is 0 Å². The van der Waals surface area contributed by atoms with Crippen molar-refractivity contribution in [2.24, 2.45) is 11.8 Å². The van der Waals surface area contributed by atoms with Crippen molar-refractivity contribution in [3.63, 3.8) is 0 Å². The van der Waals surface area contributed by atoms with E-state index in [0.717, 1.165) is 24.4 Å². The maximum absolute atomic E-state index is 9.12. The van der Waals surface area contributed by atoms with E-state index in [-0.39, 0.29) is 6.10 Å². The van der Waals surface area contributed by atoms with Gasteiger partial charge in [0.2, 0.25) is 0 Å². The van der Waals surface area contributed by atoms with Crippen LogP contribution in [0.4, 0.5) is 0 Å². The summed E-state index contributed by atoms with van der Waals surface area (Å²) in [5, 5.41) is 12.6. The minimum Gasteiger partial charge on any atom is -0.392 e. The summed E-state index contributed by atoms with van der Waals surface area (Å²) in [6, 6.07) is 0.721. The number of fused-ring (bicyclic) bond motifs is 2.